The minimum Gasteiger partial charge on any atom is -0.497 e. The number of rotatable bonds is 4. The van der Waals surface area contributed by atoms with E-state index in [4.69, 9.17) is 4.74 Å². The molecule has 100 valence electrons. The Kier molecular flexibility index (Phi) is 4.43. The van der Waals surface area contributed by atoms with Crippen LogP contribution >= 0.6 is 15.9 Å². The highest BCUT2D eigenvalue weighted by molar-refractivity contribution is 9.10. The summed E-state index contributed by atoms with van der Waals surface area (Å²) in [5, 5.41) is 3.23. The van der Waals surface area contributed by atoms with E-state index in [2.05, 4.69) is 21.2 Å². The normalized spacial score (nSPS) is 10.3. The lowest BCUT2D eigenvalue weighted by Gasteiger charge is -2.11. The number of nitrogens with one attached hydrogen (secondary N) is 1. The molecular weight excluding hydrogens is 309 g/mol. The van der Waals surface area contributed by atoms with Gasteiger partial charge < -0.3 is 10.1 Å². The van der Waals surface area contributed by atoms with E-state index in [1.54, 1.807) is 12.1 Å². The van der Waals surface area contributed by atoms with Crippen molar-refractivity contribution in [2.24, 2.45) is 0 Å². The summed E-state index contributed by atoms with van der Waals surface area (Å²) in [6, 6.07) is 10.8. The van der Waals surface area contributed by atoms with Crippen molar-refractivity contribution in [3.8, 4) is 5.75 Å². The quantitative estimate of drug-likeness (QED) is 0.893. The molecule has 1 N–H and O–H groups in total. The summed E-state index contributed by atoms with van der Waals surface area (Å²) in [4.78, 5) is 0. The summed E-state index contributed by atoms with van der Waals surface area (Å²) in [5.74, 6) is 0.266. The zero-order valence-electron chi connectivity index (χ0n) is 10.8. The van der Waals surface area contributed by atoms with Gasteiger partial charge in [-0.15, -0.1) is 0 Å². The standard InChI is InChI=1S/C15H15BrFNO/c1-10-7-12(16)4-6-15(10)18-9-11-3-5-13(19-2)8-14(11)17/h3-8,18H,9H2,1-2H3. The SMILES string of the molecule is COc1ccc(CNc2ccc(Br)cc2C)c(F)c1. The van der Waals surface area contributed by atoms with Crippen LogP contribution in [-0.4, -0.2) is 7.11 Å². The lowest BCUT2D eigenvalue weighted by Crippen LogP contribution is -2.03. The van der Waals surface area contributed by atoms with Crippen molar-refractivity contribution in [3.05, 3.63) is 57.8 Å². The molecule has 2 nitrogen and oxygen atoms in total. The van der Waals surface area contributed by atoms with Crippen molar-refractivity contribution >= 4 is 21.6 Å². The first kappa shape index (κ1) is 13.9. The molecular formula is C15H15BrFNO. The predicted molar refractivity (Wildman–Crippen MR) is 79.2 cm³/mol. The minimum atomic E-state index is -0.262. The predicted octanol–water partition coefficient (Wildman–Crippen LogP) is 4.52. The van der Waals surface area contributed by atoms with Crippen LogP contribution in [0.15, 0.2) is 40.9 Å². The minimum absolute atomic E-state index is 0.262. The molecule has 0 spiro atoms. The van der Waals surface area contributed by atoms with E-state index in [0.29, 0.717) is 17.9 Å². The van der Waals surface area contributed by atoms with Crippen molar-refractivity contribution < 1.29 is 9.13 Å². The third kappa shape index (κ3) is 3.47. The Balaban J connectivity index is 2.10. The third-order valence-corrected chi connectivity index (χ3v) is 3.41. The molecule has 0 aliphatic heterocycles. The van der Waals surface area contributed by atoms with Gasteiger partial charge in [0.05, 0.1) is 7.11 Å². The van der Waals surface area contributed by atoms with E-state index in [0.717, 1.165) is 15.7 Å². The molecule has 2 aromatic carbocycles. The number of anilines is 1. The Bertz CT molecular complexity index is 586. The molecule has 0 saturated carbocycles. The first-order valence-corrected chi connectivity index (χ1v) is 6.72. The van der Waals surface area contributed by atoms with Gasteiger partial charge in [-0.1, -0.05) is 22.0 Å². The topological polar surface area (TPSA) is 21.3 Å². The Morgan fingerprint density at radius 3 is 2.63 bits per heavy atom. The summed E-state index contributed by atoms with van der Waals surface area (Å²) in [7, 11) is 1.53. The molecule has 0 aliphatic carbocycles. The zero-order chi connectivity index (χ0) is 13.8. The molecule has 0 atom stereocenters. The van der Waals surface area contributed by atoms with Crippen LogP contribution in [0.3, 0.4) is 0 Å². The maximum Gasteiger partial charge on any atom is 0.131 e. The van der Waals surface area contributed by atoms with Gasteiger partial charge in [0.25, 0.3) is 0 Å². The number of methoxy groups -OCH3 is 1. The Morgan fingerprint density at radius 1 is 1.21 bits per heavy atom. The van der Waals surface area contributed by atoms with Crippen molar-refractivity contribution in [2.75, 3.05) is 12.4 Å². The molecule has 4 heteroatoms. The molecule has 0 radical (unpaired) electrons. The van der Waals surface area contributed by atoms with Gasteiger partial charge in [-0.3, -0.25) is 0 Å². The van der Waals surface area contributed by atoms with Gasteiger partial charge in [-0.2, -0.15) is 0 Å². The molecule has 0 aliphatic rings. The van der Waals surface area contributed by atoms with Crippen LogP contribution < -0.4 is 10.1 Å². The van der Waals surface area contributed by atoms with Gasteiger partial charge in [0.15, 0.2) is 0 Å². The Morgan fingerprint density at radius 2 is 2.00 bits per heavy atom. The summed E-state index contributed by atoms with van der Waals surface area (Å²) in [6.45, 7) is 2.45. The molecule has 0 fully saturated rings. The van der Waals surface area contributed by atoms with Crippen molar-refractivity contribution in [1.82, 2.24) is 0 Å². The largest absolute Gasteiger partial charge is 0.497 e. The van der Waals surface area contributed by atoms with Crippen molar-refractivity contribution in [2.45, 2.75) is 13.5 Å². The van der Waals surface area contributed by atoms with E-state index in [1.165, 1.54) is 13.2 Å². The molecule has 19 heavy (non-hydrogen) atoms. The number of halogens is 2. The second-order valence-corrected chi connectivity index (χ2v) is 5.19. The Hall–Kier alpha value is -1.55. The highest BCUT2D eigenvalue weighted by Crippen LogP contribution is 2.22. The molecule has 2 rings (SSSR count). The van der Waals surface area contributed by atoms with Crippen LogP contribution in [0, 0.1) is 12.7 Å². The number of hydrogen-bond acceptors (Lipinski definition) is 2. The smallest absolute Gasteiger partial charge is 0.131 e. The maximum atomic E-state index is 13.8. The fraction of sp³-hybridized carbons (Fsp3) is 0.200. The van der Waals surface area contributed by atoms with Gasteiger partial charge in [0.1, 0.15) is 11.6 Å². The van der Waals surface area contributed by atoms with E-state index in [9.17, 15) is 4.39 Å². The van der Waals surface area contributed by atoms with E-state index < -0.39 is 0 Å². The number of benzene rings is 2. The highest BCUT2D eigenvalue weighted by atomic mass is 79.9. The van der Waals surface area contributed by atoms with Crippen molar-refractivity contribution in [3.63, 3.8) is 0 Å². The molecule has 0 bridgehead atoms. The van der Waals surface area contributed by atoms with E-state index >= 15 is 0 Å². The van der Waals surface area contributed by atoms with Crippen LogP contribution in [0.2, 0.25) is 0 Å². The average Bonchev–Trinajstić information content (AvgIpc) is 2.39. The van der Waals surface area contributed by atoms with Gasteiger partial charge in [-0.25, -0.2) is 4.39 Å². The summed E-state index contributed by atoms with van der Waals surface area (Å²) in [5.41, 5.74) is 2.73. The molecule has 2 aromatic rings. The first-order valence-electron chi connectivity index (χ1n) is 5.92. The second kappa shape index (κ2) is 6.06. The van der Waals surface area contributed by atoms with Gasteiger partial charge in [0, 0.05) is 28.3 Å². The fourth-order valence-corrected chi connectivity index (χ4v) is 2.29. The van der Waals surface area contributed by atoms with E-state index in [1.807, 2.05) is 25.1 Å². The Labute approximate surface area is 120 Å². The van der Waals surface area contributed by atoms with Crippen LogP contribution in [0.5, 0.6) is 5.75 Å². The maximum absolute atomic E-state index is 13.8. The van der Waals surface area contributed by atoms with Crippen molar-refractivity contribution in [1.29, 1.82) is 0 Å². The van der Waals surface area contributed by atoms with E-state index in [-0.39, 0.29) is 5.82 Å². The lowest BCUT2D eigenvalue weighted by atomic mass is 10.1. The number of ether oxygens (including phenoxy) is 1. The second-order valence-electron chi connectivity index (χ2n) is 4.27. The van der Waals surface area contributed by atoms with Crippen LogP contribution in [0.1, 0.15) is 11.1 Å². The fourth-order valence-electron chi connectivity index (χ4n) is 1.81. The number of aryl methyl sites for hydroxylation is 1. The van der Waals surface area contributed by atoms with Gasteiger partial charge in [-0.05, 0) is 36.8 Å². The highest BCUT2D eigenvalue weighted by Gasteiger charge is 2.05. The van der Waals surface area contributed by atoms with Gasteiger partial charge >= 0.3 is 0 Å². The van der Waals surface area contributed by atoms with Crippen LogP contribution in [-0.2, 0) is 6.54 Å². The zero-order valence-corrected chi connectivity index (χ0v) is 12.4. The van der Waals surface area contributed by atoms with Gasteiger partial charge in [0.2, 0.25) is 0 Å². The van der Waals surface area contributed by atoms with Crippen LogP contribution in [0.25, 0.3) is 0 Å². The molecule has 0 saturated heterocycles. The first-order chi connectivity index (χ1) is 9.10. The summed E-state index contributed by atoms with van der Waals surface area (Å²) in [6.07, 6.45) is 0. The molecule has 0 amide bonds. The average molecular weight is 324 g/mol. The third-order valence-electron chi connectivity index (χ3n) is 2.92. The monoisotopic (exact) mass is 323 g/mol. The lowest BCUT2D eigenvalue weighted by molar-refractivity contribution is 0.411. The molecule has 0 aromatic heterocycles. The summed E-state index contributed by atoms with van der Waals surface area (Å²) < 4.78 is 19.8. The number of hydrogen-bond donors (Lipinski definition) is 1. The summed E-state index contributed by atoms with van der Waals surface area (Å²) >= 11 is 3.42. The van der Waals surface area contributed by atoms with Crippen LogP contribution in [0.4, 0.5) is 10.1 Å². The molecule has 0 unspecified atom stereocenters. The molecule has 0 heterocycles.